The highest BCUT2D eigenvalue weighted by Crippen LogP contribution is 2.40. The Morgan fingerprint density at radius 2 is 1.70 bits per heavy atom. The van der Waals surface area contributed by atoms with Crippen molar-refractivity contribution < 1.29 is 14.3 Å². The van der Waals surface area contributed by atoms with Gasteiger partial charge >= 0.3 is 0 Å². The van der Waals surface area contributed by atoms with E-state index in [1.807, 2.05) is 0 Å². The number of carbonyl (C=O) groups is 2. The molecule has 0 fully saturated rings. The molecule has 0 saturated heterocycles. The van der Waals surface area contributed by atoms with Gasteiger partial charge in [-0.05, 0) is 43.9 Å². The number of rotatable bonds is 1. The monoisotopic (exact) mass is 328 g/mol. The zero-order chi connectivity index (χ0) is 16.1. The number of fused-ring (bicyclic) bond motifs is 1. The van der Waals surface area contributed by atoms with Gasteiger partial charge in [0.1, 0.15) is 5.69 Å². The number of nitrogens with zero attached hydrogens (tertiary/aromatic N) is 2. The molecule has 23 heavy (non-hydrogen) atoms. The van der Waals surface area contributed by atoms with Gasteiger partial charge in [-0.15, -0.1) is 0 Å². The van der Waals surface area contributed by atoms with Crippen molar-refractivity contribution in [2.75, 3.05) is 4.90 Å². The molecule has 0 bridgehead atoms. The zero-order valence-electron chi connectivity index (χ0n) is 12.2. The van der Waals surface area contributed by atoms with Crippen LogP contribution in [0.2, 0.25) is 5.02 Å². The summed E-state index contributed by atoms with van der Waals surface area (Å²) in [7, 11) is 0. The van der Waals surface area contributed by atoms with E-state index in [2.05, 4.69) is 0 Å². The number of hydrogen-bond donors (Lipinski definition) is 0. The van der Waals surface area contributed by atoms with Crippen molar-refractivity contribution in [1.29, 1.82) is 0 Å². The lowest BCUT2D eigenvalue weighted by molar-refractivity contribution is -0.576. The Bertz CT molecular complexity index is 876. The predicted molar refractivity (Wildman–Crippen MR) is 85.9 cm³/mol. The lowest BCUT2D eigenvalue weighted by Gasteiger charge is -2.17. The number of benzene rings is 1. The van der Waals surface area contributed by atoms with E-state index in [0.29, 0.717) is 34.1 Å². The summed E-state index contributed by atoms with van der Waals surface area (Å²) < 4.78 is 0.647. The molecule has 0 unspecified atom stereocenters. The molecule has 0 spiro atoms. The average molecular weight is 329 g/mol. The molecule has 1 aromatic carbocycles. The molecule has 5 nitrogen and oxygen atoms in total. The third kappa shape index (κ3) is 1.96. The van der Waals surface area contributed by atoms with Gasteiger partial charge in [-0.25, -0.2) is 4.90 Å². The minimum absolute atomic E-state index is 0.184. The van der Waals surface area contributed by atoms with Crippen LogP contribution in [0.3, 0.4) is 0 Å². The summed E-state index contributed by atoms with van der Waals surface area (Å²) in [5.41, 5.74) is 1.57. The van der Waals surface area contributed by atoms with Crippen molar-refractivity contribution >= 4 is 40.0 Å². The van der Waals surface area contributed by atoms with Gasteiger partial charge in [0.2, 0.25) is 5.52 Å². The van der Waals surface area contributed by atoms with Gasteiger partial charge in [0.05, 0.1) is 10.4 Å². The summed E-state index contributed by atoms with van der Waals surface area (Å²) in [4.78, 5) is 26.5. The van der Waals surface area contributed by atoms with Crippen LogP contribution in [-0.4, -0.2) is 11.8 Å². The van der Waals surface area contributed by atoms with Crippen molar-refractivity contribution in [3.63, 3.8) is 0 Å². The van der Waals surface area contributed by atoms with Gasteiger partial charge in [0, 0.05) is 17.2 Å². The molecule has 2 aliphatic rings. The number of carbonyl (C=O) groups excluding carboxylic acids is 2. The maximum Gasteiger partial charge on any atom is 0.262 e. The largest absolute Gasteiger partial charge is 0.618 e. The quantitative estimate of drug-likeness (QED) is 0.459. The molecule has 1 aromatic heterocycles. The Morgan fingerprint density at radius 1 is 1.04 bits per heavy atom. The summed E-state index contributed by atoms with van der Waals surface area (Å²) in [5, 5.41) is 13.1. The van der Waals surface area contributed by atoms with Crippen molar-refractivity contribution in [2.24, 2.45) is 0 Å². The van der Waals surface area contributed by atoms with Crippen molar-refractivity contribution in [3.8, 4) is 0 Å². The number of halogens is 1. The Kier molecular flexibility index (Phi) is 3.13. The number of pyridine rings is 1. The first-order valence-electron chi connectivity index (χ1n) is 7.51. The van der Waals surface area contributed by atoms with E-state index in [0.717, 1.165) is 17.7 Å². The molecule has 4 rings (SSSR count). The minimum Gasteiger partial charge on any atom is -0.618 e. The molecule has 1 aliphatic heterocycles. The maximum atomic E-state index is 12.7. The van der Waals surface area contributed by atoms with Gasteiger partial charge in [-0.2, -0.15) is 4.73 Å². The first-order valence-corrected chi connectivity index (χ1v) is 7.88. The van der Waals surface area contributed by atoms with Crippen molar-refractivity contribution in [1.82, 2.24) is 0 Å². The molecular weight excluding hydrogens is 316 g/mol. The predicted octanol–water partition coefficient (Wildman–Crippen LogP) is 2.87. The van der Waals surface area contributed by atoms with E-state index >= 15 is 0 Å². The second kappa shape index (κ2) is 5.06. The summed E-state index contributed by atoms with van der Waals surface area (Å²) in [6, 6.07) is 6.68. The highest BCUT2D eigenvalue weighted by atomic mass is 35.5. The molecule has 2 heterocycles. The first kappa shape index (κ1) is 14.2. The van der Waals surface area contributed by atoms with Crippen LogP contribution in [0.15, 0.2) is 41.6 Å². The Hall–Kier alpha value is -2.40. The van der Waals surface area contributed by atoms with Gasteiger partial charge in [-0.3, -0.25) is 9.59 Å². The normalized spacial score (nSPS) is 18.0. The molecule has 2 amide bonds. The standard InChI is InChI=1S/C17H13ClN2O3/c18-13-8-7-10-4-3-9-19(23)14(10)15(13)20-16(21)11-5-1-2-6-12(11)17(20)22/h3-4,7-9H,1-2,5-6H2. The maximum absolute atomic E-state index is 12.7. The molecule has 6 heteroatoms. The topological polar surface area (TPSA) is 64.3 Å². The fraction of sp³-hybridized carbons (Fsp3) is 0.235. The summed E-state index contributed by atoms with van der Waals surface area (Å²) in [5.74, 6) is -0.689. The van der Waals surface area contributed by atoms with E-state index in [1.165, 1.54) is 6.20 Å². The van der Waals surface area contributed by atoms with Crippen LogP contribution in [0.4, 0.5) is 5.69 Å². The van der Waals surface area contributed by atoms with Crippen molar-refractivity contribution in [3.05, 3.63) is 51.8 Å². The second-order valence-corrected chi connectivity index (χ2v) is 6.18. The SMILES string of the molecule is O=C1C2=C(CCCC2)C(=O)N1c1c(Cl)ccc2ccc[n+]([O-])c12. The molecule has 0 atom stereocenters. The fourth-order valence-corrected chi connectivity index (χ4v) is 3.63. The van der Waals surface area contributed by atoms with E-state index in [9.17, 15) is 14.8 Å². The van der Waals surface area contributed by atoms with Crippen LogP contribution in [0.25, 0.3) is 10.9 Å². The third-order valence-electron chi connectivity index (χ3n) is 4.46. The van der Waals surface area contributed by atoms with Crippen LogP contribution >= 0.6 is 11.6 Å². The van der Waals surface area contributed by atoms with Gasteiger partial charge in [-0.1, -0.05) is 11.6 Å². The van der Waals surface area contributed by atoms with Crippen LogP contribution in [0.5, 0.6) is 0 Å². The van der Waals surface area contributed by atoms with E-state index in [-0.39, 0.29) is 28.0 Å². The van der Waals surface area contributed by atoms with Crippen molar-refractivity contribution in [2.45, 2.75) is 25.7 Å². The molecule has 2 aromatic rings. The first-order chi connectivity index (χ1) is 11.1. The molecular formula is C17H13ClN2O3. The van der Waals surface area contributed by atoms with Gasteiger partial charge < -0.3 is 5.21 Å². The average Bonchev–Trinajstić information content (AvgIpc) is 2.80. The molecule has 0 N–H and O–H groups in total. The summed E-state index contributed by atoms with van der Waals surface area (Å²) in [6.07, 6.45) is 4.35. The number of amides is 2. The molecule has 0 radical (unpaired) electrons. The molecule has 116 valence electrons. The number of imide groups is 1. The Balaban J connectivity index is 1.96. The van der Waals surface area contributed by atoms with Gasteiger partial charge in [0.15, 0.2) is 6.20 Å². The van der Waals surface area contributed by atoms with Crippen LogP contribution in [-0.2, 0) is 9.59 Å². The number of aromatic nitrogens is 1. The highest BCUT2D eigenvalue weighted by molar-refractivity contribution is 6.41. The smallest absolute Gasteiger partial charge is 0.262 e. The number of anilines is 1. The highest BCUT2D eigenvalue weighted by Gasteiger charge is 2.42. The number of hydrogen-bond acceptors (Lipinski definition) is 3. The summed E-state index contributed by atoms with van der Waals surface area (Å²) in [6.45, 7) is 0. The third-order valence-corrected chi connectivity index (χ3v) is 4.77. The lowest BCUT2D eigenvalue weighted by Crippen LogP contribution is -2.35. The Morgan fingerprint density at radius 3 is 2.35 bits per heavy atom. The lowest BCUT2D eigenvalue weighted by atomic mass is 9.93. The fourth-order valence-electron chi connectivity index (χ4n) is 3.39. The van der Waals surface area contributed by atoms with Gasteiger partial charge in [0.25, 0.3) is 11.8 Å². The zero-order valence-corrected chi connectivity index (χ0v) is 13.0. The van der Waals surface area contributed by atoms with E-state index in [4.69, 9.17) is 11.6 Å². The van der Waals surface area contributed by atoms with E-state index in [1.54, 1.807) is 24.3 Å². The van der Waals surface area contributed by atoms with Crippen LogP contribution in [0.1, 0.15) is 25.7 Å². The van der Waals surface area contributed by atoms with E-state index < -0.39 is 0 Å². The minimum atomic E-state index is -0.344. The molecule has 1 aliphatic carbocycles. The van der Waals surface area contributed by atoms with Crippen LogP contribution < -0.4 is 9.63 Å². The van der Waals surface area contributed by atoms with Crippen LogP contribution in [0, 0.1) is 5.21 Å². The summed E-state index contributed by atoms with van der Waals surface area (Å²) >= 11 is 6.27. The molecule has 0 saturated carbocycles. The Labute approximate surface area is 137 Å². The second-order valence-electron chi connectivity index (χ2n) is 5.78.